The van der Waals surface area contributed by atoms with Crippen molar-refractivity contribution < 1.29 is 9.90 Å². The Morgan fingerprint density at radius 2 is 2.00 bits per heavy atom. The van der Waals surface area contributed by atoms with Crippen molar-refractivity contribution in [3.8, 4) is 0 Å². The minimum Gasteiger partial charge on any atom is -0.390 e. The van der Waals surface area contributed by atoms with Crippen LogP contribution in [0.25, 0.3) is 10.9 Å². The number of H-pyrrole nitrogens is 1. The lowest BCUT2D eigenvalue weighted by atomic mass is 10.1. The molecular weight excluding hydrogens is 302 g/mol. The Kier molecular flexibility index (Phi) is 4.40. The zero-order valence-electron chi connectivity index (χ0n) is 15.1. The number of hydrogen-bond acceptors (Lipinski definition) is 3. The number of aryl methyl sites for hydroxylation is 3. The first-order chi connectivity index (χ1) is 11.3. The van der Waals surface area contributed by atoms with Crippen molar-refractivity contribution in [3.05, 3.63) is 34.5 Å². The Hall–Kier alpha value is -1.85. The van der Waals surface area contributed by atoms with Gasteiger partial charge in [-0.05, 0) is 51.8 Å². The molecule has 1 aliphatic rings. The summed E-state index contributed by atoms with van der Waals surface area (Å²) in [4.78, 5) is 18.2. The van der Waals surface area contributed by atoms with Gasteiger partial charge in [-0.25, -0.2) is 0 Å². The van der Waals surface area contributed by atoms with Gasteiger partial charge in [-0.3, -0.25) is 9.69 Å². The molecule has 1 amide bonds. The molecule has 0 aliphatic carbocycles. The zero-order chi connectivity index (χ0) is 17.6. The fourth-order valence-corrected chi connectivity index (χ4v) is 3.63. The summed E-state index contributed by atoms with van der Waals surface area (Å²) in [5.74, 6) is -0.143. The highest BCUT2D eigenvalue weighted by Crippen LogP contribution is 2.26. The van der Waals surface area contributed by atoms with E-state index in [9.17, 15) is 9.90 Å². The lowest BCUT2D eigenvalue weighted by Crippen LogP contribution is -2.43. The Morgan fingerprint density at radius 3 is 2.62 bits per heavy atom. The number of fused-ring (bicyclic) bond motifs is 1. The molecule has 1 aromatic carbocycles. The molecule has 2 atom stereocenters. The van der Waals surface area contributed by atoms with Crippen molar-refractivity contribution in [3.63, 3.8) is 0 Å². The number of β-amino-alcohol motifs (C(OH)–C–C–N with tert-alkyl or cyclic N) is 1. The predicted octanol–water partition coefficient (Wildman–Crippen LogP) is 2.28. The molecule has 24 heavy (non-hydrogen) atoms. The number of rotatable bonds is 3. The van der Waals surface area contributed by atoms with Crippen LogP contribution in [0.4, 0.5) is 0 Å². The van der Waals surface area contributed by atoms with Crippen LogP contribution < -0.4 is 5.32 Å². The second-order valence-corrected chi connectivity index (χ2v) is 7.32. The van der Waals surface area contributed by atoms with Gasteiger partial charge in [0.25, 0.3) is 5.91 Å². The molecule has 0 spiro atoms. The number of hydrogen-bond donors (Lipinski definition) is 3. The van der Waals surface area contributed by atoms with Crippen LogP contribution in [-0.4, -0.2) is 52.2 Å². The maximum Gasteiger partial charge on any atom is 0.268 e. The van der Waals surface area contributed by atoms with Crippen molar-refractivity contribution in [1.82, 2.24) is 15.2 Å². The summed E-state index contributed by atoms with van der Waals surface area (Å²) in [6, 6.07) is 4.35. The number of amides is 1. The summed E-state index contributed by atoms with van der Waals surface area (Å²) in [6.45, 7) is 11.6. The van der Waals surface area contributed by atoms with Crippen LogP contribution in [0.3, 0.4) is 0 Å². The number of aromatic nitrogens is 1. The number of nitrogens with zero attached hydrogens (tertiary/aromatic N) is 1. The molecule has 0 saturated carbocycles. The molecule has 0 radical (unpaired) electrons. The average molecular weight is 329 g/mol. The highest BCUT2D eigenvalue weighted by Gasteiger charge is 2.34. The Bertz CT molecular complexity index is 779. The smallest absolute Gasteiger partial charge is 0.268 e. The van der Waals surface area contributed by atoms with E-state index in [1.807, 2.05) is 13.8 Å². The molecule has 3 rings (SSSR count). The van der Waals surface area contributed by atoms with Crippen molar-refractivity contribution >= 4 is 16.8 Å². The Morgan fingerprint density at radius 1 is 1.29 bits per heavy atom. The number of likely N-dealkylation sites (tertiary alicyclic amines) is 1. The number of aliphatic hydroxyl groups is 1. The maximum atomic E-state index is 12.7. The van der Waals surface area contributed by atoms with E-state index in [1.165, 1.54) is 5.56 Å². The second-order valence-electron chi connectivity index (χ2n) is 7.32. The van der Waals surface area contributed by atoms with Gasteiger partial charge in [0.15, 0.2) is 0 Å². The molecule has 0 bridgehead atoms. The normalized spacial score (nSPS) is 21.8. The maximum absolute atomic E-state index is 12.7. The largest absolute Gasteiger partial charge is 0.390 e. The van der Waals surface area contributed by atoms with Crippen LogP contribution >= 0.6 is 0 Å². The fourth-order valence-electron chi connectivity index (χ4n) is 3.63. The monoisotopic (exact) mass is 329 g/mol. The van der Waals surface area contributed by atoms with E-state index in [0.717, 1.165) is 22.0 Å². The predicted molar refractivity (Wildman–Crippen MR) is 96.5 cm³/mol. The van der Waals surface area contributed by atoms with E-state index in [2.05, 4.69) is 48.1 Å². The molecule has 1 aliphatic heterocycles. The third-order valence-corrected chi connectivity index (χ3v) is 5.10. The summed E-state index contributed by atoms with van der Waals surface area (Å²) in [5.41, 5.74) is 4.89. The number of carbonyl (C=O) groups is 1. The van der Waals surface area contributed by atoms with Crippen LogP contribution in [0.5, 0.6) is 0 Å². The highest BCUT2D eigenvalue weighted by atomic mass is 16.3. The zero-order valence-corrected chi connectivity index (χ0v) is 15.1. The van der Waals surface area contributed by atoms with Crippen LogP contribution in [-0.2, 0) is 0 Å². The van der Waals surface area contributed by atoms with Gasteiger partial charge in [0.2, 0.25) is 0 Å². The van der Waals surface area contributed by atoms with E-state index in [0.29, 0.717) is 24.8 Å². The third kappa shape index (κ3) is 2.94. The van der Waals surface area contributed by atoms with Crippen molar-refractivity contribution in [2.24, 2.45) is 0 Å². The number of aliphatic hydroxyl groups excluding tert-OH is 1. The summed E-state index contributed by atoms with van der Waals surface area (Å²) in [6.07, 6.45) is -0.523. The van der Waals surface area contributed by atoms with Gasteiger partial charge >= 0.3 is 0 Å². The molecule has 3 N–H and O–H groups in total. The average Bonchev–Trinajstić information content (AvgIpc) is 3.01. The van der Waals surface area contributed by atoms with Gasteiger partial charge < -0.3 is 15.4 Å². The quantitative estimate of drug-likeness (QED) is 0.809. The van der Waals surface area contributed by atoms with Crippen LogP contribution in [0.1, 0.15) is 41.0 Å². The van der Waals surface area contributed by atoms with Gasteiger partial charge in [0.1, 0.15) is 5.69 Å². The van der Waals surface area contributed by atoms with Gasteiger partial charge in [0, 0.05) is 30.0 Å². The molecule has 2 heterocycles. The van der Waals surface area contributed by atoms with Crippen LogP contribution in [0, 0.1) is 20.8 Å². The third-order valence-electron chi connectivity index (χ3n) is 5.10. The molecule has 1 fully saturated rings. The molecule has 5 nitrogen and oxygen atoms in total. The Labute approximate surface area is 143 Å². The number of aromatic amines is 1. The number of nitrogens with one attached hydrogen (secondary N) is 2. The van der Waals surface area contributed by atoms with Gasteiger partial charge in [-0.15, -0.1) is 0 Å². The van der Waals surface area contributed by atoms with Gasteiger partial charge in [0.05, 0.1) is 12.1 Å². The lowest BCUT2D eigenvalue weighted by molar-refractivity contribution is 0.0883. The van der Waals surface area contributed by atoms with E-state index in [4.69, 9.17) is 0 Å². The second kappa shape index (κ2) is 6.22. The first kappa shape index (κ1) is 17.0. The van der Waals surface area contributed by atoms with Crippen molar-refractivity contribution in [1.29, 1.82) is 0 Å². The molecule has 1 saturated heterocycles. The SMILES string of the molecule is Cc1cc(C)c2[nH]c(C(=O)N[C@H]3CN(C(C)C)C[C@@H]3O)c(C)c2c1. The summed E-state index contributed by atoms with van der Waals surface area (Å²) >= 11 is 0. The van der Waals surface area contributed by atoms with E-state index in [1.54, 1.807) is 0 Å². The van der Waals surface area contributed by atoms with Crippen molar-refractivity contribution in [2.45, 2.75) is 52.8 Å². The van der Waals surface area contributed by atoms with E-state index < -0.39 is 6.10 Å². The number of carbonyl (C=O) groups excluding carboxylic acids is 1. The summed E-state index contributed by atoms with van der Waals surface area (Å²) in [5, 5.41) is 14.3. The van der Waals surface area contributed by atoms with Gasteiger partial charge in [-0.2, -0.15) is 0 Å². The number of benzene rings is 1. The summed E-state index contributed by atoms with van der Waals surface area (Å²) in [7, 11) is 0. The van der Waals surface area contributed by atoms with Crippen molar-refractivity contribution in [2.75, 3.05) is 13.1 Å². The minimum absolute atomic E-state index is 0.143. The molecule has 2 aromatic rings. The van der Waals surface area contributed by atoms with E-state index >= 15 is 0 Å². The standard InChI is InChI=1S/C19H27N3O2/c1-10(2)22-8-15(16(23)9-22)20-19(24)18-13(5)14-7-11(3)6-12(4)17(14)21-18/h6-7,10,15-16,21,23H,8-9H2,1-5H3,(H,20,24)/t15-,16-/m0/s1. The van der Waals surface area contributed by atoms with Crippen LogP contribution in [0.15, 0.2) is 12.1 Å². The summed E-state index contributed by atoms with van der Waals surface area (Å²) < 4.78 is 0. The molecule has 5 heteroatoms. The molecule has 0 unspecified atom stereocenters. The van der Waals surface area contributed by atoms with Crippen LogP contribution in [0.2, 0.25) is 0 Å². The van der Waals surface area contributed by atoms with Gasteiger partial charge in [-0.1, -0.05) is 11.6 Å². The first-order valence-corrected chi connectivity index (χ1v) is 8.60. The molecule has 130 valence electrons. The topological polar surface area (TPSA) is 68.4 Å². The fraction of sp³-hybridized carbons (Fsp3) is 0.526. The van der Waals surface area contributed by atoms with E-state index in [-0.39, 0.29) is 11.9 Å². The highest BCUT2D eigenvalue weighted by molar-refractivity contribution is 6.01. The molecule has 1 aromatic heterocycles. The first-order valence-electron chi connectivity index (χ1n) is 8.60. The molecular formula is C19H27N3O2. The Balaban J connectivity index is 1.85. The minimum atomic E-state index is -0.523. The lowest BCUT2D eigenvalue weighted by Gasteiger charge is -2.19.